The summed E-state index contributed by atoms with van der Waals surface area (Å²) in [4.78, 5) is 16.4. The highest BCUT2D eigenvalue weighted by molar-refractivity contribution is 7.16. The number of aliphatic hydroxyl groups is 1. The summed E-state index contributed by atoms with van der Waals surface area (Å²) in [5, 5.41) is 11.6. The highest BCUT2D eigenvalue weighted by Gasteiger charge is 2.08. The normalized spacial score (nSPS) is 9.58. The molecule has 2 aromatic rings. The summed E-state index contributed by atoms with van der Waals surface area (Å²) in [5.74, 6) is 4.42. The number of carbonyl (C=O) groups excluding carboxylic acids is 1. The minimum absolute atomic E-state index is 0.227. The second-order valence-corrected chi connectivity index (χ2v) is 4.48. The van der Waals surface area contributed by atoms with E-state index in [0.717, 1.165) is 0 Å². The van der Waals surface area contributed by atoms with Crippen molar-refractivity contribution < 1.29 is 14.3 Å². The fourth-order valence-corrected chi connectivity index (χ4v) is 1.97. The SMILES string of the molecule is O=C(Nc1ncc(C#CCO)s1)c1ccc(F)cc1. The van der Waals surface area contributed by atoms with Gasteiger partial charge in [-0.3, -0.25) is 10.1 Å². The number of amides is 1. The molecule has 0 fully saturated rings. The van der Waals surface area contributed by atoms with Gasteiger partial charge in [-0.1, -0.05) is 23.2 Å². The highest BCUT2D eigenvalue weighted by atomic mass is 32.1. The standard InChI is InChI=1S/C13H9FN2O2S/c14-10-5-3-9(4-6-10)12(18)16-13-15-8-11(19-13)2-1-7-17/h3-6,8,17H,7H2,(H,15,16,18). The van der Waals surface area contributed by atoms with Gasteiger partial charge in [0.2, 0.25) is 0 Å². The van der Waals surface area contributed by atoms with Crippen LogP contribution < -0.4 is 5.32 Å². The first-order valence-corrected chi connectivity index (χ1v) is 6.13. The molecule has 0 aliphatic carbocycles. The Kier molecular flexibility index (Phi) is 4.23. The molecule has 1 aromatic carbocycles. The summed E-state index contributed by atoms with van der Waals surface area (Å²) in [6.07, 6.45) is 1.51. The highest BCUT2D eigenvalue weighted by Crippen LogP contribution is 2.17. The zero-order chi connectivity index (χ0) is 13.7. The molecular formula is C13H9FN2O2S. The van der Waals surface area contributed by atoms with Crippen LogP contribution in [-0.4, -0.2) is 22.6 Å². The van der Waals surface area contributed by atoms with Crippen LogP contribution in [0.5, 0.6) is 0 Å². The van der Waals surface area contributed by atoms with Gasteiger partial charge in [0.25, 0.3) is 5.91 Å². The first-order chi connectivity index (χ1) is 9.19. The third-order valence-electron chi connectivity index (χ3n) is 2.12. The smallest absolute Gasteiger partial charge is 0.257 e. The average molecular weight is 276 g/mol. The number of aliphatic hydroxyl groups excluding tert-OH is 1. The largest absolute Gasteiger partial charge is 0.384 e. The summed E-state index contributed by atoms with van der Waals surface area (Å²) in [7, 11) is 0. The third-order valence-corrected chi connectivity index (χ3v) is 2.95. The van der Waals surface area contributed by atoms with Crippen molar-refractivity contribution in [3.63, 3.8) is 0 Å². The van der Waals surface area contributed by atoms with Crippen molar-refractivity contribution in [1.29, 1.82) is 0 Å². The van der Waals surface area contributed by atoms with E-state index in [0.29, 0.717) is 15.6 Å². The van der Waals surface area contributed by atoms with Gasteiger partial charge in [-0.2, -0.15) is 0 Å². The number of carbonyl (C=O) groups is 1. The molecule has 0 aliphatic rings. The van der Waals surface area contributed by atoms with E-state index in [-0.39, 0.29) is 12.5 Å². The number of hydrogen-bond donors (Lipinski definition) is 2. The Morgan fingerprint density at radius 1 is 1.42 bits per heavy atom. The molecule has 0 saturated carbocycles. The monoisotopic (exact) mass is 276 g/mol. The van der Waals surface area contributed by atoms with Crippen molar-refractivity contribution in [2.24, 2.45) is 0 Å². The molecule has 1 aromatic heterocycles. The average Bonchev–Trinajstić information content (AvgIpc) is 2.84. The maximum atomic E-state index is 12.7. The number of hydrogen-bond acceptors (Lipinski definition) is 4. The number of nitrogens with one attached hydrogen (secondary N) is 1. The maximum absolute atomic E-state index is 12.7. The van der Waals surface area contributed by atoms with Crippen LogP contribution >= 0.6 is 11.3 Å². The zero-order valence-corrected chi connectivity index (χ0v) is 10.5. The van der Waals surface area contributed by atoms with Gasteiger partial charge in [-0.15, -0.1) is 0 Å². The molecule has 1 amide bonds. The Bertz CT molecular complexity index is 641. The Labute approximate surface area is 112 Å². The van der Waals surface area contributed by atoms with Gasteiger partial charge < -0.3 is 5.11 Å². The van der Waals surface area contributed by atoms with Gasteiger partial charge in [-0.05, 0) is 24.3 Å². The lowest BCUT2D eigenvalue weighted by molar-refractivity contribution is 0.102. The van der Waals surface area contributed by atoms with Crippen LogP contribution in [-0.2, 0) is 0 Å². The number of benzene rings is 1. The topological polar surface area (TPSA) is 62.2 Å². The number of nitrogens with zero attached hydrogens (tertiary/aromatic N) is 1. The van der Waals surface area contributed by atoms with E-state index in [1.54, 1.807) is 0 Å². The van der Waals surface area contributed by atoms with Gasteiger partial charge in [0.1, 0.15) is 12.4 Å². The predicted octanol–water partition coefficient (Wildman–Crippen LogP) is 1.88. The van der Waals surface area contributed by atoms with Crippen molar-refractivity contribution in [2.75, 3.05) is 11.9 Å². The number of halogens is 1. The molecule has 0 atom stereocenters. The van der Waals surface area contributed by atoms with Gasteiger partial charge in [-0.25, -0.2) is 9.37 Å². The first-order valence-electron chi connectivity index (χ1n) is 5.31. The number of thiazole rings is 1. The Morgan fingerprint density at radius 2 is 2.16 bits per heavy atom. The van der Waals surface area contributed by atoms with Crippen molar-refractivity contribution in [2.45, 2.75) is 0 Å². The molecule has 0 spiro atoms. The summed E-state index contributed by atoms with van der Waals surface area (Å²) in [5.41, 5.74) is 0.347. The van der Waals surface area contributed by atoms with Gasteiger partial charge >= 0.3 is 0 Å². The Morgan fingerprint density at radius 3 is 2.84 bits per heavy atom. The molecule has 6 heteroatoms. The zero-order valence-electron chi connectivity index (χ0n) is 9.68. The van der Waals surface area contributed by atoms with Crippen molar-refractivity contribution >= 4 is 22.4 Å². The van der Waals surface area contributed by atoms with Crippen LogP contribution in [0, 0.1) is 17.7 Å². The fraction of sp³-hybridized carbons (Fsp3) is 0.0769. The summed E-state index contributed by atoms with van der Waals surface area (Å²) >= 11 is 1.20. The quantitative estimate of drug-likeness (QED) is 0.823. The minimum Gasteiger partial charge on any atom is -0.384 e. The molecule has 2 rings (SSSR count). The van der Waals surface area contributed by atoms with E-state index in [4.69, 9.17) is 5.11 Å². The molecule has 19 heavy (non-hydrogen) atoms. The fourth-order valence-electron chi connectivity index (χ4n) is 1.29. The predicted molar refractivity (Wildman–Crippen MR) is 70.4 cm³/mol. The lowest BCUT2D eigenvalue weighted by Gasteiger charge is -2.00. The molecule has 0 saturated heterocycles. The van der Waals surface area contributed by atoms with Crippen LogP contribution in [0.1, 0.15) is 15.2 Å². The second-order valence-electron chi connectivity index (χ2n) is 3.45. The molecule has 0 radical (unpaired) electrons. The van der Waals surface area contributed by atoms with Crippen LogP contribution in [0.15, 0.2) is 30.5 Å². The summed E-state index contributed by atoms with van der Waals surface area (Å²) in [6, 6.07) is 5.22. The Hall–Kier alpha value is -2.23. The Balaban J connectivity index is 2.06. The van der Waals surface area contributed by atoms with E-state index in [1.165, 1.54) is 41.8 Å². The van der Waals surface area contributed by atoms with Gasteiger partial charge in [0.05, 0.1) is 11.1 Å². The maximum Gasteiger partial charge on any atom is 0.257 e. The second kappa shape index (κ2) is 6.09. The van der Waals surface area contributed by atoms with Gasteiger partial charge in [0, 0.05) is 5.56 Å². The van der Waals surface area contributed by atoms with E-state index >= 15 is 0 Å². The molecular weight excluding hydrogens is 267 g/mol. The molecule has 1 heterocycles. The van der Waals surface area contributed by atoms with Crippen LogP contribution in [0.4, 0.5) is 9.52 Å². The molecule has 4 nitrogen and oxygen atoms in total. The minimum atomic E-state index is -0.396. The first kappa shape index (κ1) is 13.2. The van der Waals surface area contributed by atoms with E-state index in [1.807, 2.05) is 0 Å². The molecule has 0 bridgehead atoms. The van der Waals surface area contributed by atoms with Crippen molar-refractivity contribution in [3.8, 4) is 11.8 Å². The van der Waals surface area contributed by atoms with Crippen LogP contribution in [0.2, 0.25) is 0 Å². The molecule has 0 unspecified atom stereocenters. The summed E-state index contributed by atoms with van der Waals surface area (Å²) < 4.78 is 12.7. The number of rotatable bonds is 2. The third kappa shape index (κ3) is 3.61. The molecule has 96 valence electrons. The van der Waals surface area contributed by atoms with E-state index in [9.17, 15) is 9.18 Å². The number of aromatic nitrogens is 1. The van der Waals surface area contributed by atoms with Gasteiger partial charge in [0.15, 0.2) is 5.13 Å². The molecule has 0 aliphatic heterocycles. The summed E-state index contributed by atoms with van der Waals surface area (Å²) in [6.45, 7) is -0.227. The number of anilines is 1. The lowest BCUT2D eigenvalue weighted by Crippen LogP contribution is -2.11. The van der Waals surface area contributed by atoms with Crippen LogP contribution in [0.3, 0.4) is 0 Å². The van der Waals surface area contributed by atoms with E-state index < -0.39 is 5.82 Å². The lowest BCUT2D eigenvalue weighted by atomic mass is 10.2. The van der Waals surface area contributed by atoms with Crippen molar-refractivity contribution in [1.82, 2.24) is 4.98 Å². The van der Waals surface area contributed by atoms with E-state index in [2.05, 4.69) is 22.1 Å². The van der Waals surface area contributed by atoms with Crippen LogP contribution in [0.25, 0.3) is 0 Å². The molecule has 2 N–H and O–H groups in total. The van der Waals surface area contributed by atoms with Crippen molar-refractivity contribution in [3.05, 3.63) is 46.7 Å².